The number of hydrazone groups is 1. The van der Waals surface area contributed by atoms with Crippen LogP contribution in [0.3, 0.4) is 0 Å². The van der Waals surface area contributed by atoms with Crippen molar-refractivity contribution in [2.75, 3.05) is 5.32 Å². The highest BCUT2D eigenvalue weighted by molar-refractivity contribution is 5.87. The normalized spacial score (nSPS) is 11.8. The van der Waals surface area contributed by atoms with Crippen molar-refractivity contribution in [2.24, 2.45) is 5.10 Å². The smallest absolute Gasteiger partial charge is 0.262 e. The quantitative estimate of drug-likeness (QED) is 0.443. The first-order valence-corrected chi connectivity index (χ1v) is 9.22. The third kappa shape index (κ3) is 6.17. The minimum atomic E-state index is -0.540. The van der Waals surface area contributed by atoms with Gasteiger partial charge < -0.3 is 10.1 Å². The first kappa shape index (κ1) is 20.1. The molecular weight excluding hydrogens is 369 g/mol. The molecule has 0 unspecified atom stereocenters. The molecule has 0 aliphatic rings. The molecule has 3 rings (SSSR count). The first-order chi connectivity index (χ1) is 14.1. The fraction of sp³-hybridized carbons (Fsp3) is 0.130. The highest BCUT2D eigenvalue weighted by Crippen LogP contribution is 2.17. The maximum absolute atomic E-state index is 13.0. The second-order valence-electron chi connectivity index (χ2n) is 6.42. The third-order valence-electron chi connectivity index (χ3n) is 4.16. The Balaban J connectivity index is 1.55. The van der Waals surface area contributed by atoms with Gasteiger partial charge in [-0.3, -0.25) is 4.79 Å². The number of anilines is 1. The zero-order valence-electron chi connectivity index (χ0n) is 16.0. The summed E-state index contributed by atoms with van der Waals surface area (Å²) in [5.41, 5.74) is 4.97. The molecule has 0 radical (unpaired) electrons. The second kappa shape index (κ2) is 10.0. The van der Waals surface area contributed by atoms with E-state index in [1.165, 1.54) is 12.1 Å². The molecule has 0 aliphatic carbocycles. The molecule has 3 aromatic rings. The van der Waals surface area contributed by atoms with E-state index in [-0.39, 0.29) is 11.7 Å². The topological polar surface area (TPSA) is 62.7 Å². The van der Waals surface area contributed by atoms with Gasteiger partial charge in [-0.25, -0.2) is 9.82 Å². The molecule has 0 fully saturated rings. The number of nitrogens with one attached hydrogen (secondary N) is 2. The number of hydrogen-bond donors (Lipinski definition) is 2. The van der Waals surface area contributed by atoms with Gasteiger partial charge in [0.05, 0.1) is 6.21 Å². The predicted octanol–water partition coefficient (Wildman–Crippen LogP) is 4.36. The van der Waals surface area contributed by atoms with E-state index < -0.39 is 6.04 Å². The molecule has 6 heteroatoms. The van der Waals surface area contributed by atoms with Crippen LogP contribution in [0, 0.1) is 5.82 Å². The summed E-state index contributed by atoms with van der Waals surface area (Å²) in [6.45, 7) is 2.14. The monoisotopic (exact) mass is 391 g/mol. The summed E-state index contributed by atoms with van der Waals surface area (Å²) in [5, 5.41) is 7.02. The summed E-state index contributed by atoms with van der Waals surface area (Å²) < 4.78 is 18.8. The number of carbonyl (C=O) groups is 1. The summed E-state index contributed by atoms with van der Waals surface area (Å²) in [6.07, 6.45) is 1.54. The highest BCUT2D eigenvalue weighted by atomic mass is 19.1. The lowest BCUT2D eigenvalue weighted by Crippen LogP contribution is -2.34. The number of benzene rings is 3. The molecule has 0 aromatic heterocycles. The van der Waals surface area contributed by atoms with Crippen molar-refractivity contribution < 1.29 is 13.9 Å². The van der Waals surface area contributed by atoms with Crippen LogP contribution in [0.2, 0.25) is 0 Å². The molecule has 0 saturated heterocycles. The van der Waals surface area contributed by atoms with Gasteiger partial charge in [0.25, 0.3) is 5.91 Å². The summed E-state index contributed by atoms with van der Waals surface area (Å²) in [4.78, 5) is 12.2. The Bertz CT molecular complexity index is 959. The van der Waals surface area contributed by atoms with Crippen LogP contribution in [-0.4, -0.2) is 18.2 Å². The molecule has 29 heavy (non-hydrogen) atoms. The van der Waals surface area contributed by atoms with Crippen molar-refractivity contribution >= 4 is 17.8 Å². The number of halogens is 1. The number of para-hydroxylation sites is 1. The molecule has 3 aromatic carbocycles. The van der Waals surface area contributed by atoms with Crippen molar-refractivity contribution in [3.05, 3.63) is 95.8 Å². The lowest BCUT2D eigenvalue weighted by Gasteiger charge is -2.13. The number of carbonyl (C=O) groups excluding carboxylic acids is 1. The average Bonchev–Trinajstić information content (AvgIpc) is 2.75. The van der Waals surface area contributed by atoms with Gasteiger partial charge in [0.15, 0.2) is 0 Å². The molecule has 0 spiro atoms. The second-order valence-corrected chi connectivity index (χ2v) is 6.42. The Labute approximate surface area is 169 Å². The predicted molar refractivity (Wildman–Crippen MR) is 112 cm³/mol. The lowest BCUT2D eigenvalue weighted by atomic mass is 10.2. The summed E-state index contributed by atoms with van der Waals surface area (Å²) in [7, 11) is 0. The van der Waals surface area contributed by atoms with Crippen LogP contribution >= 0.6 is 0 Å². The summed E-state index contributed by atoms with van der Waals surface area (Å²) >= 11 is 0. The van der Waals surface area contributed by atoms with E-state index in [4.69, 9.17) is 4.74 Å². The Hall–Kier alpha value is -3.67. The van der Waals surface area contributed by atoms with Crippen molar-refractivity contribution in [1.29, 1.82) is 0 Å². The summed E-state index contributed by atoms with van der Waals surface area (Å²) in [6, 6.07) is 22.6. The van der Waals surface area contributed by atoms with Crippen LogP contribution in [0.4, 0.5) is 10.1 Å². The Morgan fingerprint density at radius 1 is 1.03 bits per heavy atom. The Kier molecular flexibility index (Phi) is 6.95. The molecule has 5 nitrogen and oxygen atoms in total. The van der Waals surface area contributed by atoms with E-state index >= 15 is 0 Å². The maximum Gasteiger partial charge on any atom is 0.262 e. The zero-order chi connectivity index (χ0) is 20.5. The van der Waals surface area contributed by atoms with Gasteiger partial charge in [0.2, 0.25) is 0 Å². The molecular formula is C23H22FN3O2. The fourth-order valence-electron chi connectivity index (χ4n) is 2.58. The number of hydrogen-bond acceptors (Lipinski definition) is 4. The van der Waals surface area contributed by atoms with Crippen LogP contribution in [0.25, 0.3) is 0 Å². The third-order valence-corrected chi connectivity index (χ3v) is 4.16. The molecule has 1 atom stereocenters. The van der Waals surface area contributed by atoms with E-state index in [9.17, 15) is 9.18 Å². The van der Waals surface area contributed by atoms with Crippen LogP contribution in [0.5, 0.6) is 5.75 Å². The van der Waals surface area contributed by atoms with Gasteiger partial charge in [0, 0.05) is 11.3 Å². The zero-order valence-corrected chi connectivity index (χ0v) is 16.0. The average molecular weight is 391 g/mol. The van der Waals surface area contributed by atoms with Gasteiger partial charge >= 0.3 is 0 Å². The van der Waals surface area contributed by atoms with E-state index in [0.717, 1.165) is 11.1 Å². The lowest BCUT2D eigenvalue weighted by molar-refractivity contribution is -0.121. The van der Waals surface area contributed by atoms with E-state index in [1.807, 2.05) is 54.6 Å². The van der Waals surface area contributed by atoms with Gasteiger partial charge in [-0.05, 0) is 48.9 Å². The highest BCUT2D eigenvalue weighted by Gasteiger charge is 2.11. The van der Waals surface area contributed by atoms with Gasteiger partial charge in [-0.1, -0.05) is 42.5 Å². The molecule has 0 heterocycles. The van der Waals surface area contributed by atoms with Crippen molar-refractivity contribution in [3.8, 4) is 5.75 Å². The molecule has 148 valence electrons. The SMILES string of the molecule is C[C@H](Nc1ccc(F)cc1)C(=O)N/N=C\c1ccccc1OCc1ccccc1. The molecule has 1 amide bonds. The summed E-state index contributed by atoms with van der Waals surface area (Å²) in [5.74, 6) is 0.0329. The molecule has 0 saturated carbocycles. The van der Waals surface area contributed by atoms with Crippen molar-refractivity contribution in [1.82, 2.24) is 5.43 Å². The Morgan fingerprint density at radius 3 is 2.48 bits per heavy atom. The number of ether oxygens (including phenoxy) is 1. The van der Waals surface area contributed by atoms with Gasteiger partial charge in [0.1, 0.15) is 24.2 Å². The number of amides is 1. The number of rotatable bonds is 8. The maximum atomic E-state index is 13.0. The molecule has 0 aliphatic heterocycles. The number of nitrogens with zero attached hydrogens (tertiary/aromatic N) is 1. The van der Waals surface area contributed by atoms with Crippen molar-refractivity contribution in [2.45, 2.75) is 19.6 Å². The van der Waals surface area contributed by atoms with E-state index in [1.54, 1.807) is 25.3 Å². The van der Waals surface area contributed by atoms with Gasteiger partial charge in [-0.15, -0.1) is 0 Å². The van der Waals surface area contributed by atoms with E-state index in [0.29, 0.717) is 18.0 Å². The molecule has 2 N–H and O–H groups in total. The van der Waals surface area contributed by atoms with Crippen LogP contribution in [0.15, 0.2) is 84.0 Å². The minimum Gasteiger partial charge on any atom is -0.488 e. The van der Waals surface area contributed by atoms with Crippen LogP contribution in [0.1, 0.15) is 18.1 Å². The standard InChI is InChI=1S/C23H22FN3O2/c1-17(26-21-13-11-20(24)12-14-21)23(28)27-25-15-19-9-5-6-10-22(19)29-16-18-7-3-2-4-8-18/h2-15,17,26H,16H2,1H3,(H,27,28)/b25-15-/t17-/m0/s1. The largest absolute Gasteiger partial charge is 0.488 e. The minimum absolute atomic E-state index is 0.312. The van der Waals surface area contributed by atoms with Crippen molar-refractivity contribution in [3.63, 3.8) is 0 Å². The van der Waals surface area contributed by atoms with Crippen LogP contribution < -0.4 is 15.5 Å². The van der Waals surface area contributed by atoms with Gasteiger partial charge in [-0.2, -0.15) is 5.10 Å². The van der Waals surface area contributed by atoms with E-state index in [2.05, 4.69) is 15.8 Å². The van der Waals surface area contributed by atoms with Crippen LogP contribution in [-0.2, 0) is 11.4 Å². The molecule has 0 bridgehead atoms. The Morgan fingerprint density at radius 2 is 1.72 bits per heavy atom. The fourth-order valence-corrected chi connectivity index (χ4v) is 2.58. The first-order valence-electron chi connectivity index (χ1n) is 9.22.